The summed E-state index contributed by atoms with van der Waals surface area (Å²) in [6.45, 7) is 5.97. The lowest BCUT2D eigenvalue weighted by Gasteiger charge is -2.18. The van der Waals surface area contributed by atoms with Gasteiger partial charge in [0.05, 0.1) is 11.8 Å². The number of rotatable bonds is 2. The molecule has 5 nitrogen and oxygen atoms in total. The summed E-state index contributed by atoms with van der Waals surface area (Å²) >= 11 is 5.97. The number of sulfone groups is 1. The summed E-state index contributed by atoms with van der Waals surface area (Å²) in [5, 5.41) is 4.61. The van der Waals surface area contributed by atoms with E-state index < -0.39 is 9.84 Å². The van der Waals surface area contributed by atoms with Crippen LogP contribution in [0.4, 0.5) is 5.82 Å². The molecule has 1 aromatic rings. The fourth-order valence-corrected chi connectivity index (χ4v) is 3.10. The molecule has 1 atom stereocenters. The Labute approximate surface area is 118 Å². The second-order valence-electron chi connectivity index (χ2n) is 5.56. The molecule has 0 bridgehead atoms. The van der Waals surface area contributed by atoms with Gasteiger partial charge >= 0.3 is 0 Å². The molecule has 104 valence electrons. The Kier molecular flexibility index (Phi) is 3.57. The molecule has 7 heteroatoms. The lowest BCUT2D eigenvalue weighted by atomic mass is 9.96. The zero-order valence-electron chi connectivity index (χ0n) is 11.0. The van der Waals surface area contributed by atoms with E-state index in [0.29, 0.717) is 16.8 Å². The first-order valence-electron chi connectivity index (χ1n) is 5.88. The fourth-order valence-electron chi connectivity index (χ4n) is 1.68. The zero-order valence-corrected chi connectivity index (χ0v) is 12.6. The first-order valence-corrected chi connectivity index (χ1v) is 7.98. The van der Waals surface area contributed by atoms with Crippen LogP contribution in [0.25, 0.3) is 0 Å². The lowest BCUT2D eigenvalue weighted by molar-refractivity contribution is 0.545. The monoisotopic (exact) mass is 301 g/mol. The maximum absolute atomic E-state index is 11.3. The number of hydrogen-bond acceptors (Lipinski definition) is 5. The minimum Gasteiger partial charge on any atom is -0.363 e. The molecule has 19 heavy (non-hydrogen) atoms. The largest absolute Gasteiger partial charge is 0.363 e. The van der Waals surface area contributed by atoms with Gasteiger partial charge in [0.1, 0.15) is 16.8 Å². The summed E-state index contributed by atoms with van der Waals surface area (Å²) in [7, 11) is -3.08. The molecule has 0 saturated heterocycles. The molecule has 0 spiro atoms. The summed E-state index contributed by atoms with van der Waals surface area (Å²) in [6, 6.07) is 1.32. The van der Waals surface area contributed by atoms with E-state index in [2.05, 4.69) is 15.3 Å². The molecule has 2 rings (SSSR count). The molecule has 0 fully saturated rings. The molecule has 1 N–H and O–H groups in total. The third kappa shape index (κ3) is 3.67. The average Bonchev–Trinajstić information content (AvgIpc) is 2.55. The minimum absolute atomic E-state index is 0.0411. The summed E-state index contributed by atoms with van der Waals surface area (Å²) in [5.74, 6) is 1.20. The van der Waals surface area contributed by atoms with Gasteiger partial charge in [-0.25, -0.2) is 18.4 Å². The fraction of sp³-hybridized carbons (Fsp3) is 0.500. The summed E-state index contributed by atoms with van der Waals surface area (Å²) in [6.07, 6.45) is 1.61. The molecule has 2 heterocycles. The SMILES string of the molecule is CC(C)(C)c1nc(Cl)cc(NC2C=CS(=O)(=O)C2)n1. The van der Waals surface area contributed by atoms with Gasteiger partial charge in [-0.05, 0) is 6.08 Å². The highest BCUT2D eigenvalue weighted by atomic mass is 35.5. The van der Waals surface area contributed by atoms with E-state index in [0.717, 1.165) is 0 Å². The van der Waals surface area contributed by atoms with Gasteiger partial charge < -0.3 is 5.32 Å². The average molecular weight is 302 g/mol. The van der Waals surface area contributed by atoms with Crippen molar-refractivity contribution in [3.8, 4) is 0 Å². The highest BCUT2D eigenvalue weighted by Crippen LogP contribution is 2.23. The third-order valence-corrected chi connectivity index (χ3v) is 4.22. The number of halogens is 1. The lowest BCUT2D eigenvalue weighted by Crippen LogP contribution is -2.23. The van der Waals surface area contributed by atoms with Crippen LogP contribution >= 0.6 is 11.6 Å². The minimum atomic E-state index is -3.08. The van der Waals surface area contributed by atoms with Crippen molar-refractivity contribution in [2.45, 2.75) is 32.2 Å². The van der Waals surface area contributed by atoms with Crippen LogP contribution in [0.2, 0.25) is 5.15 Å². The van der Waals surface area contributed by atoms with E-state index in [9.17, 15) is 8.42 Å². The summed E-state index contributed by atoms with van der Waals surface area (Å²) < 4.78 is 22.7. The summed E-state index contributed by atoms with van der Waals surface area (Å²) in [4.78, 5) is 8.57. The molecule has 0 saturated carbocycles. The van der Waals surface area contributed by atoms with Crippen LogP contribution in [0.3, 0.4) is 0 Å². The Hall–Kier alpha value is -1.14. The van der Waals surface area contributed by atoms with E-state index in [4.69, 9.17) is 11.6 Å². The van der Waals surface area contributed by atoms with E-state index in [1.54, 1.807) is 12.1 Å². The van der Waals surface area contributed by atoms with E-state index in [-0.39, 0.29) is 17.2 Å². The Morgan fingerprint density at radius 2 is 2.05 bits per heavy atom. The van der Waals surface area contributed by atoms with Crippen LogP contribution < -0.4 is 5.32 Å². The van der Waals surface area contributed by atoms with Crippen LogP contribution in [0.1, 0.15) is 26.6 Å². The molecule has 0 amide bonds. The Balaban J connectivity index is 2.23. The smallest absolute Gasteiger partial charge is 0.173 e. The zero-order chi connectivity index (χ0) is 14.3. The van der Waals surface area contributed by atoms with Crippen LogP contribution in [-0.2, 0) is 15.3 Å². The van der Waals surface area contributed by atoms with Crippen molar-refractivity contribution in [1.82, 2.24) is 9.97 Å². The van der Waals surface area contributed by atoms with Crippen molar-refractivity contribution in [1.29, 1.82) is 0 Å². The van der Waals surface area contributed by atoms with Crippen LogP contribution in [0, 0.1) is 0 Å². The molecule has 0 aromatic carbocycles. The van der Waals surface area contributed by atoms with Gasteiger partial charge in [0.15, 0.2) is 9.84 Å². The third-order valence-electron chi connectivity index (χ3n) is 2.63. The standard InChI is InChI=1S/C12H16ClN3O2S/c1-12(2,3)11-15-9(13)6-10(16-11)14-8-4-5-19(17,18)7-8/h4-6,8H,7H2,1-3H3,(H,14,15,16). The number of anilines is 1. The number of hydrogen-bond donors (Lipinski definition) is 1. The van der Waals surface area contributed by atoms with Gasteiger partial charge in [0, 0.05) is 16.9 Å². The Bertz CT molecular complexity index is 620. The van der Waals surface area contributed by atoms with Gasteiger partial charge in [-0.15, -0.1) is 0 Å². The molecule has 0 radical (unpaired) electrons. The summed E-state index contributed by atoms with van der Waals surface area (Å²) in [5.41, 5.74) is -0.223. The molecule has 1 aliphatic rings. The molecular weight excluding hydrogens is 286 g/mol. The second kappa shape index (κ2) is 4.76. The van der Waals surface area contributed by atoms with Crippen LogP contribution in [0.5, 0.6) is 0 Å². The van der Waals surface area contributed by atoms with Crippen LogP contribution in [-0.4, -0.2) is 30.2 Å². The van der Waals surface area contributed by atoms with Gasteiger partial charge in [-0.3, -0.25) is 0 Å². The van der Waals surface area contributed by atoms with Crippen molar-refractivity contribution < 1.29 is 8.42 Å². The van der Waals surface area contributed by atoms with Gasteiger partial charge in [0.2, 0.25) is 0 Å². The maximum atomic E-state index is 11.3. The quantitative estimate of drug-likeness (QED) is 0.847. The van der Waals surface area contributed by atoms with Gasteiger partial charge in [0.25, 0.3) is 0 Å². The number of aromatic nitrogens is 2. The van der Waals surface area contributed by atoms with E-state index in [1.165, 1.54) is 5.41 Å². The predicted octanol–water partition coefficient (Wildman–Crippen LogP) is 2.15. The highest BCUT2D eigenvalue weighted by Gasteiger charge is 2.23. The van der Waals surface area contributed by atoms with Crippen molar-refractivity contribution in [3.63, 3.8) is 0 Å². The van der Waals surface area contributed by atoms with E-state index >= 15 is 0 Å². The number of nitrogens with one attached hydrogen (secondary N) is 1. The second-order valence-corrected chi connectivity index (χ2v) is 7.88. The predicted molar refractivity (Wildman–Crippen MR) is 76.1 cm³/mol. The number of nitrogens with zero attached hydrogens (tertiary/aromatic N) is 2. The first-order chi connectivity index (χ1) is 8.66. The van der Waals surface area contributed by atoms with Gasteiger partial charge in [-0.2, -0.15) is 0 Å². The Morgan fingerprint density at radius 3 is 2.58 bits per heavy atom. The molecule has 1 unspecified atom stereocenters. The van der Waals surface area contributed by atoms with Crippen molar-refractivity contribution in [2.75, 3.05) is 11.1 Å². The first kappa shape index (κ1) is 14.3. The molecular formula is C12H16ClN3O2S. The van der Waals surface area contributed by atoms with Gasteiger partial charge in [-0.1, -0.05) is 32.4 Å². The molecule has 1 aliphatic heterocycles. The van der Waals surface area contributed by atoms with Crippen molar-refractivity contribution >= 4 is 27.3 Å². The topological polar surface area (TPSA) is 72.0 Å². The molecule has 1 aromatic heterocycles. The molecule has 0 aliphatic carbocycles. The maximum Gasteiger partial charge on any atom is 0.173 e. The normalized spacial score (nSPS) is 21.6. The van der Waals surface area contributed by atoms with Crippen molar-refractivity contribution in [3.05, 3.63) is 28.5 Å². The highest BCUT2D eigenvalue weighted by molar-refractivity contribution is 7.94. The van der Waals surface area contributed by atoms with Crippen molar-refractivity contribution in [2.24, 2.45) is 0 Å². The van der Waals surface area contributed by atoms with Crippen LogP contribution in [0.15, 0.2) is 17.6 Å². The van der Waals surface area contributed by atoms with E-state index in [1.807, 2.05) is 20.8 Å². The Morgan fingerprint density at radius 1 is 1.37 bits per heavy atom.